The van der Waals surface area contributed by atoms with E-state index >= 15 is 0 Å². The minimum Gasteiger partial charge on any atom is -0.459 e. The Kier molecular flexibility index (Phi) is 20.0. The first-order valence-electron chi connectivity index (χ1n) is 26.3. The number of esters is 7. The molecule has 0 aliphatic carbocycles. The van der Waals surface area contributed by atoms with Crippen LogP contribution in [0.25, 0.3) is 0 Å². The molecule has 2 fully saturated rings. The summed E-state index contributed by atoms with van der Waals surface area (Å²) in [6.45, 7) is -1.59. The van der Waals surface area contributed by atoms with Crippen LogP contribution in [0, 0.1) is 0 Å². The first kappa shape index (κ1) is 59.5. The van der Waals surface area contributed by atoms with Gasteiger partial charge in [-0.05, 0) is 84.9 Å². The second-order valence-corrected chi connectivity index (χ2v) is 21.0. The largest absolute Gasteiger partial charge is 0.459 e. The highest BCUT2D eigenvalue weighted by Crippen LogP contribution is 2.45. The van der Waals surface area contributed by atoms with E-state index in [1.165, 1.54) is 84.9 Å². The van der Waals surface area contributed by atoms with Crippen LogP contribution in [0.3, 0.4) is 0 Å². The van der Waals surface area contributed by atoms with Gasteiger partial charge in [-0.1, -0.05) is 127 Å². The van der Waals surface area contributed by atoms with Crippen molar-refractivity contribution in [3.05, 3.63) is 251 Å². The van der Waals surface area contributed by atoms with Gasteiger partial charge in [0.2, 0.25) is 0 Å². The van der Waals surface area contributed by atoms with Crippen molar-refractivity contribution in [2.24, 2.45) is 0 Å². The van der Waals surface area contributed by atoms with Crippen molar-refractivity contribution in [1.82, 2.24) is 0 Å². The second kappa shape index (κ2) is 28.2. The number of hydrogen-bond donors (Lipinski definition) is 1. The predicted molar refractivity (Wildman–Crippen MR) is 296 cm³/mol. The Hall–Kier alpha value is -9.14. The lowest BCUT2D eigenvalue weighted by Crippen LogP contribution is -2.67. The minimum atomic E-state index is -4.69. The van der Waals surface area contributed by atoms with E-state index in [0.29, 0.717) is 0 Å². The van der Waals surface area contributed by atoms with Gasteiger partial charge in [-0.2, -0.15) is 0 Å². The SMILES string of the molecule is COP(=O)(O)C[C@H]1O[C@H](COC(=O)c2ccccc2)[C@@H](O[C@@H]2O[C@H](COC(=O)c3ccccc3)[C@H](OC(=O)c3ccccc3)[C@H](OC(=O)c3ccccc3)[C@H]2OC(=O)c2ccccc2)[C@H](OC(=O)c2ccccc2)[C@@H]1OC(=O)c1ccccc1. The fourth-order valence-electron chi connectivity index (χ4n) is 9.15. The molecule has 2 heterocycles. The summed E-state index contributed by atoms with van der Waals surface area (Å²) in [4.78, 5) is 111. The van der Waals surface area contributed by atoms with Crippen LogP contribution in [0.5, 0.6) is 0 Å². The molecule has 0 radical (unpaired) electrons. The van der Waals surface area contributed by atoms with E-state index in [-0.39, 0.29) is 38.9 Å². The predicted octanol–water partition coefficient (Wildman–Crippen LogP) is 8.54. The molecule has 7 aromatic carbocycles. The minimum absolute atomic E-state index is 0.0173. The van der Waals surface area contributed by atoms with Crippen molar-refractivity contribution >= 4 is 49.4 Å². The standard InChI is InChI=1S/C63H55O20P/c1-73-84(71,72)39-49-52(79-59(67)43-29-15-5-16-30-43)53(80-60(68)44-31-17-6-18-32-44)51(47(76-49)37-74-56(64)40-23-9-2-10-24-40)83-63-55(82-62(70)46-35-21-8-22-36-46)54(81-61(69)45-33-19-7-20-34-45)50(78-58(66)42-27-13-4-14-28-42)48(77-63)38-75-57(65)41-25-11-3-12-26-41/h2-36,47-55,63H,37-39H2,1H3,(H,71,72)/t47-,48-,49-,50+,51-,52-,53+,54+,55-,63+/m1/s1. The zero-order chi connectivity index (χ0) is 59.0. The maximum absolute atomic E-state index is 14.6. The summed E-state index contributed by atoms with van der Waals surface area (Å²) in [6, 6.07) is 53.6. The number of ether oxygens (including phenoxy) is 10. The molecule has 0 bridgehead atoms. The van der Waals surface area contributed by atoms with E-state index in [1.807, 2.05) is 0 Å². The van der Waals surface area contributed by atoms with E-state index in [1.54, 1.807) is 127 Å². The van der Waals surface area contributed by atoms with Gasteiger partial charge in [-0.3, -0.25) is 4.57 Å². The summed E-state index contributed by atoms with van der Waals surface area (Å²) < 4.78 is 82.0. The van der Waals surface area contributed by atoms with Gasteiger partial charge in [0.1, 0.15) is 37.6 Å². The Bertz CT molecular complexity index is 3400. The Morgan fingerprint density at radius 3 is 0.940 bits per heavy atom. The molecule has 2 aliphatic heterocycles. The Morgan fingerprint density at radius 1 is 0.357 bits per heavy atom. The topological polar surface area (TPSA) is 258 Å². The molecule has 1 unspecified atom stereocenters. The van der Waals surface area contributed by atoms with Gasteiger partial charge in [0.25, 0.3) is 0 Å². The van der Waals surface area contributed by atoms with E-state index in [9.17, 15) is 43.0 Å². The third-order valence-electron chi connectivity index (χ3n) is 13.3. The maximum Gasteiger partial charge on any atom is 0.338 e. The third-order valence-corrected chi connectivity index (χ3v) is 14.7. The van der Waals surface area contributed by atoms with Crippen LogP contribution in [-0.4, -0.2) is 134 Å². The van der Waals surface area contributed by atoms with Crippen LogP contribution in [0.4, 0.5) is 0 Å². The number of rotatable bonds is 21. The summed E-state index contributed by atoms with van der Waals surface area (Å²) in [5.74, 6) is -6.94. The van der Waals surface area contributed by atoms with Gasteiger partial charge in [-0.25, -0.2) is 33.6 Å². The Balaban J connectivity index is 1.22. The molecule has 84 heavy (non-hydrogen) atoms. The number of carbonyl (C=O) groups excluding carboxylic acids is 7. The molecule has 2 aliphatic rings. The van der Waals surface area contributed by atoms with E-state index in [0.717, 1.165) is 7.11 Å². The molecular formula is C63H55O20P. The lowest BCUT2D eigenvalue weighted by molar-refractivity contribution is -0.338. The van der Waals surface area contributed by atoms with Crippen LogP contribution in [0.1, 0.15) is 72.5 Å². The van der Waals surface area contributed by atoms with Crippen LogP contribution >= 0.6 is 7.60 Å². The molecule has 7 aromatic rings. The third kappa shape index (κ3) is 15.3. The van der Waals surface area contributed by atoms with Gasteiger partial charge >= 0.3 is 49.4 Å². The average Bonchev–Trinajstić information content (AvgIpc) is 3.63. The van der Waals surface area contributed by atoms with Gasteiger partial charge in [-0.15, -0.1) is 0 Å². The van der Waals surface area contributed by atoms with Crippen LogP contribution in [-0.2, 0) is 56.5 Å². The van der Waals surface area contributed by atoms with E-state index < -0.39 is 130 Å². The van der Waals surface area contributed by atoms with Gasteiger partial charge in [0.05, 0.1) is 45.1 Å². The van der Waals surface area contributed by atoms with Crippen molar-refractivity contribution in [3.63, 3.8) is 0 Å². The average molecular weight is 1160 g/mol. The van der Waals surface area contributed by atoms with Crippen LogP contribution < -0.4 is 0 Å². The maximum atomic E-state index is 14.6. The molecule has 21 heteroatoms. The summed E-state index contributed by atoms with van der Waals surface area (Å²) in [5, 5.41) is 0. The molecule has 432 valence electrons. The molecule has 11 atom stereocenters. The smallest absolute Gasteiger partial charge is 0.338 e. The highest BCUT2D eigenvalue weighted by atomic mass is 31.2. The molecule has 2 saturated heterocycles. The monoisotopic (exact) mass is 1160 g/mol. The number of benzene rings is 7. The zero-order valence-electron chi connectivity index (χ0n) is 44.8. The van der Waals surface area contributed by atoms with Gasteiger partial charge in [0, 0.05) is 7.11 Å². The highest BCUT2D eigenvalue weighted by molar-refractivity contribution is 7.52. The summed E-state index contributed by atoms with van der Waals surface area (Å²) in [7, 11) is -3.73. The molecule has 0 aromatic heterocycles. The molecule has 9 rings (SSSR count). The molecule has 0 saturated carbocycles. The van der Waals surface area contributed by atoms with Crippen molar-refractivity contribution < 1.29 is 94.9 Å². The van der Waals surface area contributed by atoms with E-state index in [2.05, 4.69) is 0 Å². The quantitative estimate of drug-likeness (QED) is 0.0401. The number of carbonyl (C=O) groups is 7. The zero-order valence-corrected chi connectivity index (χ0v) is 45.6. The molecule has 0 spiro atoms. The summed E-state index contributed by atoms with van der Waals surface area (Å²) in [5.41, 5.74) is 0.0872. The molecular weight excluding hydrogens is 1110 g/mol. The summed E-state index contributed by atoms with van der Waals surface area (Å²) >= 11 is 0. The van der Waals surface area contributed by atoms with Crippen molar-refractivity contribution in [1.29, 1.82) is 0 Å². The lowest BCUT2D eigenvalue weighted by Gasteiger charge is -2.49. The van der Waals surface area contributed by atoms with E-state index in [4.69, 9.17) is 51.9 Å². The van der Waals surface area contributed by atoms with Crippen molar-refractivity contribution in [3.8, 4) is 0 Å². The van der Waals surface area contributed by atoms with Crippen LogP contribution in [0.15, 0.2) is 212 Å². The lowest BCUT2D eigenvalue weighted by atomic mass is 9.93. The fraction of sp³-hybridized carbons (Fsp3) is 0.222. The fourth-order valence-corrected chi connectivity index (χ4v) is 10.1. The summed E-state index contributed by atoms with van der Waals surface area (Å²) in [6.07, 6.45) is -20.0. The molecule has 20 nitrogen and oxygen atoms in total. The van der Waals surface area contributed by atoms with Crippen molar-refractivity contribution in [2.75, 3.05) is 26.5 Å². The van der Waals surface area contributed by atoms with Gasteiger partial charge in [0.15, 0.2) is 36.8 Å². The van der Waals surface area contributed by atoms with Crippen molar-refractivity contribution in [2.45, 2.75) is 61.2 Å². The Labute approximate surface area is 481 Å². The molecule has 0 amide bonds. The van der Waals surface area contributed by atoms with Crippen LogP contribution in [0.2, 0.25) is 0 Å². The van der Waals surface area contributed by atoms with Gasteiger partial charge < -0.3 is 56.8 Å². The number of hydrogen-bond acceptors (Lipinski definition) is 19. The normalized spacial score (nSPS) is 22.5. The highest BCUT2D eigenvalue weighted by Gasteiger charge is 2.59. The Morgan fingerprint density at radius 2 is 0.619 bits per heavy atom. The second-order valence-electron chi connectivity index (χ2n) is 19.0. The first-order valence-corrected chi connectivity index (χ1v) is 28.1. The molecule has 1 N–H and O–H groups in total. The first-order chi connectivity index (χ1) is 40.7.